The summed E-state index contributed by atoms with van der Waals surface area (Å²) < 4.78 is 0. The second-order valence-corrected chi connectivity index (χ2v) is 5.17. The molecule has 0 spiro atoms. The maximum Gasteiger partial charge on any atom is 0.184 e. The first-order valence-corrected chi connectivity index (χ1v) is 7.46. The van der Waals surface area contributed by atoms with E-state index in [9.17, 15) is 10.2 Å². The van der Waals surface area contributed by atoms with Gasteiger partial charge in [-0.3, -0.25) is 0 Å². The third-order valence-electron chi connectivity index (χ3n) is 3.26. The van der Waals surface area contributed by atoms with Gasteiger partial charge in [-0.2, -0.15) is 0 Å². The molecule has 0 amide bonds. The van der Waals surface area contributed by atoms with Gasteiger partial charge in [-0.25, -0.2) is 0 Å². The summed E-state index contributed by atoms with van der Waals surface area (Å²) in [5, 5.41) is 18.9. The Morgan fingerprint density at radius 3 is 1.72 bits per heavy atom. The Kier molecular flexibility index (Phi) is 11.2. The predicted molar refractivity (Wildman–Crippen MR) is 77.0 cm³/mol. The van der Waals surface area contributed by atoms with Crippen molar-refractivity contribution in [2.75, 3.05) is 0 Å². The highest BCUT2D eigenvalue weighted by atomic mass is 16.5. The van der Waals surface area contributed by atoms with Crippen molar-refractivity contribution in [3.05, 3.63) is 12.3 Å². The highest BCUT2D eigenvalue weighted by Gasteiger charge is 2.17. The normalized spacial score (nSPS) is 12.4. The van der Waals surface area contributed by atoms with Crippen LogP contribution < -0.4 is 5.73 Å². The largest absolute Gasteiger partial charge is 0.405 e. The summed E-state index contributed by atoms with van der Waals surface area (Å²) in [5.41, 5.74) is 5.13. The van der Waals surface area contributed by atoms with Gasteiger partial charge in [0.2, 0.25) is 0 Å². The topological polar surface area (TPSA) is 66.5 Å². The van der Waals surface area contributed by atoms with Crippen molar-refractivity contribution in [1.29, 1.82) is 0 Å². The highest BCUT2D eigenvalue weighted by molar-refractivity contribution is 4.90. The van der Waals surface area contributed by atoms with Gasteiger partial charge in [-0.1, -0.05) is 64.7 Å². The third kappa shape index (κ3) is 11.9. The summed E-state index contributed by atoms with van der Waals surface area (Å²) in [6.07, 6.45) is 15.2. The van der Waals surface area contributed by atoms with Crippen LogP contribution in [0.25, 0.3) is 0 Å². The standard InChI is InChI=1S/C15H31NO2/c1-2-3-4-5-6-7-8-9-10-11-12-15(17,18)13-14-16/h13-14,17-18H,2-12,16H2,1H3. The average Bonchev–Trinajstić information content (AvgIpc) is 2.31. The molecule has 0 heterocycles. The first kappa shape index (κ1) is 17.5. The van der Waals surface area contributed by atoms with Crippen LogP contribution in [0.15, 0.2) is 12.3 Å². The minimum absolute atomic E-state index is 0.372. The van der Waals surface area contributed by atoms with Gasteiger partial charge < -0.3 is 15.9 Å². The molecule has 0 aliphatic carbocycles. The third-order valence-corrected chi connectivity index (χ3v) is 3.26. The fourth-order valence-corrected chi connectivity index (χ4v) is 2.11. The van der Waals surface area contributed by atoms with Crippen molar-refractivity contribution in [2.24, 2.45) is 5.73 Å². The van der Waals surface area contributed by atoms with Crippen LogP contribution in [0, 0.1) is 0 Å². The second-order valence-electron chi connectivity index (χ2n) is 5.17. The minimum Gasteiger partial charge on any atom is -0.405 e. The van der Waals surface area contributed by atoms with Crippen LogP contribution in [0.1, 0.15) is 77.6 Å². The van der Waals surface area contributed by atoms with E-state index in [-0.39, 0.29) is 0 Å². The van der Waals surface area contributed by atoms with Gasteiger partial charge >= 0.3 is 0 Å². The summed E-state index contributed by atoms with van der Waals surface area (Å²) in [6.45, 7) is 2.24. The van der Waals surface area contributed by atoms with Gasteiger partial charge in [-0.05, 0) is 18.7 Å². The number of hydrogen-bond acceptors (Lipinski definition) is 3. The predicted octanol–water partition coefficient (Wildman–Crippen LogP) is 3.45. The second kappa shape index (κ2) is 11.5. The Morgan fingerprint density at radius 2 is 1.28 bits per heavy atom. The van der Waals surface area contributed by atoms with Crippen LogP contribution in [0.5, 0.6) is 0 Å². The summed E-state index contributed by atoms with van der Waals surface area (Å²) in [7, 11) is 0. The molecule has 0 aromatic heterocycles. The fraction of sp³-hybridized carbons (Fsp3) is 0.867. The van der Waals surface area contributed by atoms with Crippen molar-refractivity contribution < 1.29 is 10.2 Å². The smallest absolute Gasteiger partial charge is 0.184 e. The molecule has 0 saturated heterocycles. The van der Waals surface area contributed by atoms with E-state index in [2.05, 4.69) is 6.92 Å². The summed E-state index contributed by atoms with van der Waals surface area (Å²) in [6, 6.07) is 0. The molecule has 0 fully saturated rings. The summed E-state index contributed by atoms with van der Waals surface area (Å²) >= 11 is 0. The lowest BCUT2D eigenvalue weighted by molar-refractivity contribution is -0.124. The van der Waals surface area contributed by atoms with Crippen LogP contribution in [-0.4, -0.2) is 16.0 Å². The molecule has 0 aliphatic heterocycles. The van der Waals surface area contributed by atoms with Gasteiger partial charge in [0, 0.05) is 6.42 Å². The Bertz CT molecular complexity index is 203. The number of nitrogens with two attached hydrogens (primary N) is 1. The van der Waals surface area contributed by atoms with E-state index < -0.39 is 5.79 Å². The SMILES string of the molecule is CCCCCCCCCCCCC(O)(O)C=CN. The Hall–Kier alpha value is -0.540. The fourth-order valence-electron chi connectivity index (χ4n) is 2.11. The maximum atomic E-state index is 9.43. The van der Waals surface area contributed by atoms with E-state index in [0.717, 1.165) is 12.8 Å². The molecular formula is C15H31NO2. The maximum absolute atomic E-state index is 9.43. The zero-order valence-electron chi connectivity index (χ0n) is 11.9. The molecule has 0 saturated carbocycles. The van der Waals surface area contributed by atoms with Gasteiger partial charge in [0.15, 0.2) is 5.79 Å². The van der Waals surface area contributed by atoms with E-state index in [1.54, 1.807) is 0 Å². The number of hydrogen-bond donors (Lipinski definition) is 3. The van der Waals surface area contributed by atoms with Crippen molar-refractivity contribution in [2.45, 2.75) is 83.3 Å². The molecule has 0 bridgehead atoms. The zero-order valence-corrected chi connectivity index (χ0v) is 11.9. The Balaban J connectivity index is 3.21. The summed E-state index contributed by atoms with van der Waals surface area (Å²) in [4.78, 5) is 0. The molecule has 0 aliphatic rings. The van der Waals surface area contributed by atoms with E-state index >= 15 is 0 Å². The molecule has 0 rings (SSSR count). The monoisotopic (exact) mass is 257 g/mol. The zero-order chi connectivity index (χ0) is 13.7. The van der Waals surface area contributed by atoms with Gasteiger partial charge in [-0.15, -0.1) is 0 Å². The van der Waals surface area contributed by atoms with E-state index in [1.807, 2.05) is 0 Å². The van der Waals surface area contributed by atoms with Crippen LogP contribution in [0.2, 0.25) is 0 Å². The van der Waals surface area contributed by atoms with Crippen molar-refractivity contribution >= 4 is 0 Å². The Labute approximate surface area is 112 Å². The number of unbranched alkanes of at least 4 members (excludes halogenated alkanes) is 9. The van der Waals surface area contributed by atoms with Gasteiger partial charge in [0.1, 0.15) is 0 Å². The minimum atomic E-state index is -1.71. The Morgan fingerprint density at radius 1 is 0.833 bits per heavy atom. The molecule has 3 nitrogen and oxygen atoms in total. The van der Waals surface area contributed by atoms with Crippen molar-refractivity contribution in [3.8, 4) is 0 Å². The molecule has 4 N–H and O–H groups in total. The van der Waals surface area contributed by atoms with E-state index in [0.29, 0.717) is 6.42 Å². The molecule has 108 valence electrons. The van der Waals surface area contributed by atoms with Crippen LogP contribution in [0.4, 0.5) is 0 Å². The van der Waals surface area contributed by atoms with E-state index in [1.165, 1.54) is 63.6 Å². The van der Waals surface area contributed by atoms with Crippen LogP contribution >= 0.6 is 0 Å². The summed E-state index contributed by atoms with van der Waals surface area (Å²) in [5.74, 6) is -1.71. The molecule has 3 heteroatoms. The van der Waals surface area contributed by atoms with Crippen molar-refractivity contribution in [1.82, 2.24) is 0 Å². The van der Waals surface area contributed by atoms with Crippen molar-refractivity contribution in [3.63, 3.8) is 0 Å². The van der Waals surface area contributed by atoms with E-state index in [4.69, 9.17) is 5.73 Å². The molecule has 0 unspecified atom stereocenters. The lowest BCUT2D eigenvalue weighted by atomic mass is 10.0. The van der Waals surface area contributed by atoms with Crippen LogP contribution in [-0.2, 0) is 0 Å². The number of aliphatic hydroxyl groups is 2. The molecule has 0 aromatic carbocycles. The highest BCUT2D eigenvalue weighted by Crippen LogP contribution is 2.15. The lowest BCUT2D eigenvalue weighted by Gasteiger charge is -2.16. The van der Waals surface area contributed by atoms with Gasteiger partial charge in [0.05, 0.1) is 0 Å². The van der Waals surface area contributed by atoms with Crippen LogP contribution in [0.3, 0.4) is 0 Å². The average molecular weight is 257 g/mol. The quantitative estimate of drug-likeness (QED) is 0.370. The molecule has 0 aromatic rings. The first-order valence-electron chi connectivity index (χ1n) is 7.46. The lowest BCUT2D eigenvalue weighted by Crippen LogP contribution is -2.25. The molecule has 0 atom stereocenters. The molecule has 18 heavy (non-hydrogen) atoms. The molecule has 0 radical (unpaired) electrons. The van der Waals surface area contributed by atoms with Gasteiger partial charge in [0.25, 0.3) is 0 Å². The molecular weight excluding hydrogens is 226 g/mol. The first-order chi connectivity index (χ1) is 8.62. The number of rotatable bonds is 12.